The summed E-state index contributed by atoms with van der Waals surface area (Å²) in [6, 6.07) is 8.97. The third kappa shape index (κ3) is 4.43. The number of ether oxygens (including phenoxy) is 3. The average molecular weight is 395 g/mol. The number of hydrogen-bond acceptors (Lipinski definition) is 6. The van der Waals surface area contributed by atoms with Gasteiger partial charge in [-0.05, 0) is 42.3 Å². The number of ketones is 1. The van der Waals surface area contributed by atoms with Gasteiger partial charge in [-0.15, -0.1) is 0 Å². The van der Waals surface area contributed by atoms with Gasteiger partial charge in [-0.3, -0.25) is 4.79 Å². The summed E-state index contributed by atoms with van der Waals surface area (Å²) in [5, 5.41) is 14.2. The molecule has 1 heterocycles. The molecule has 0 unspecified atom stereocenters. The van der Waals surface area contributed by atoms with E-state index in [-0.39, 0.29) is 22.8 Å². The smallest absolute Gasteiger partial charge is 0.193 e. The van der Waals surface area contributed by atoms with Gasteiger partial charge in [0.2, 0.25) is 0 Å². The Morgan fingerprint density at radius 1 is 1.07 bits per heavy atom. The van der Waals surface area contributed by atoms with Crippen LogP contribution in [0.25, 0.3) is 11.6 Å². The van der Waals surface area contributed by atoms with Gasteiger partial charge in [0.1, 0.15) is 28.6 Å². The zero-order valence-corrected chi connectivity index (χ0v) is 16.8. The van der Waals surface area contributed by atoms with Crippen LogP contribution in [0.5, 0.6) is 23.0 Å². The van der Waals surface area contributed by atoms with Crippen LogP contribution in [0.1, 0.15) is 27.9 Å². The summed E-state index contributed by atoms with van der Waals surface area (Å²) < 4.78 is 16.0. The molecule has 0 amide bonds. The van der Waals surface area contributed by atoms with E-state index in [4.69, 9.17) is 14.2 Å². The van der Waals surface area contributed by atoms with Crippen LogP contribution in [0.15, 0.2) is 42.5 Å². The summed E-state index contributed by atoms with van der Waals surface area (Å²) in [4.78, 5) is 13.0. The first kappa shape index (κ1) is 20.5. The van der Waals surface area contributed by atoms with E-state index < -0.39 is 0 Å². The number of hydrogen-bond donors (Lipinski definition) is 2. The number of methoxy groups -OCH3 is 3. The van der Waals surface area contributed by atoms with Crippen molar-refractivity contribution in [2.75, 3.05) is 34.4 Å². The van der Waals surface area contributed by atoms with Gasteiger partial charge in [0.15, 0.2) is 5.78 Å². The molecule has 0 atom stereocenters. The summed E-state index contributed by atoms with van der Waals surface area (Å²) in [5.74, 6) is 1.00. The van der Waals surface area contributed by atoms with Crippen molar-refractivity contribution in [2.24, 2.45) is 0 Å². The predicted octanol–water partition coefficient (Wildman–Crippen LogP) is 3.69. The molecule has 6 heteroatoms. The maximum Gasteiger partial charge on any atom is 0.193 e. The van der Waals surface area contributed by atoms with Gasteiger partial charge in [0.25, 0.3) is 0 Å². The van der Waals surface area contributed by atoms with Gasteiger partial charge >= 0.3 is 0 Å². The summed E-state index contributed by atoms with van der Waals surface area (Å²) in [6.07, 6.45) is 5.83. The molecule has 29 heavy (non-hydrogen) atoms. The highest BCUT2D eigenvalue weighted by Crippen LogP contribution is 2.43. The number of nitrogens with one attached hydrogen (secondary N) is 1. The van der Waals surface area contributed by atoms with Crippen LogP contribution in [0.4, 0.5) is 0 Å². The molecule has 0 spiro atoms. The minimum Gasteiger partial charge on any atom is -0.506 e. The van der Waals surface area contributed by atoms with Crippen molar-refractivity contribution in [3.8, 4) is 23.0 Å². The fraction of sp³-hybridized carbons (Fsp3) is 0.261. The van der Waals surface area contributed by atoms with E-state index >= 15 is 0 Å². The molecular formula is C23H25NO5. The summed E-state index contributed by atoms with van der Waals surface area (Å²) in [6.45, 7) is 1.49. The monoisotopic (exact) mass is 395 g/mol. The van der Waals surface area contributed by atoms with E-state index in [2.05, 4.69) is 5.32 Å². The van der Waals surface area contributed by atoms with Crippen molar-refractivity contribution in [1.82, 2.24) is 5.32 Å². The number of allylic oxidation sites excluding steroid dienone is 1. The lowest BCUT2D eigenvalue weighted by Gasteiger charge is -2.20. The molecular weight excluding hydrogens is 370 g/mol. The molecule has 3 rings (SSSR count). The van der Waals surface area contributed by atoms with Crippen LogP contribution in [-0.4, -0.2) is 45.3 Å². The Hall–Kier alpha value is -3.25. The second-order valence-corrected chi connectivity index (χ2v) is 6.53. The summed E-state index contributed by atoms with van der Waals surface area (Å²) >= 11 is 0. The zero-order valence-electron chi connectivity index (χ0n) is 16.8. The Bertz CT molecular complexity index is 945. The molecule has 0 aromatic heterocycles. The van der Waals surface area contributed by atoms with Crippen LogP contribution in [0, 0.1) is 0 Å². The molecule has 0 fully saturated rings. The minimum absolute atomic E-state index is 0.118. The van der Waals surface area contributed by atoms with Crippen LogP contribution in [-0.2, 0) is 0 Å². The molecule has 0 saturated carbocycles. The van der Waals surface area contributed by atoms with Gasteiger partial charge in [0, 0.05) is 12.6 Å². The molecule has 1 aliphatic rings. The van der Waals surface area contributed by atoms with Crippen molar-refractivity contribution in [3.05, 3.63) is 59.2 Å². The topological polar surface area (TPSA) is 77.0 Å². The van der Waals surface area contributed by atoms with Crippen LogP contribution < -0.4 is 19.5 Å². The summed E-state index contributed by atoms with van der Waals surface area (Å²) in [5.41, 5.74) is 2.44. The van der Waals surface area contributed by atoms with Crippen LogP contribution >= 0.6 is 0 Å². The Balaban J connectivity index is 2.01. The third-order valence-electron chi connectivity index (χ3n) is 4.84. The lowest BCUT2D eigenvalue weighted by molar-refractivity contribution is 0.104. The molecule has 2 N–H and O–H groups in total. The highest BCUT2D eigenvalue weighted by Gasteiger charge is 2.25. The molecule has 2 aromatic rings. The number of phenols is 1. The van der Waals surface area contributed by atoms with Crippen molar-refractivity contribution < 1.29 is 24.1 Å². The second kappa shape index (κ2) is 9.30. The molecule has 2 aromatic carbocycles. The molecule has 0 saturated heterocycles. The van der Waals surface area contributed by atoms with Gasteiger partial charge < -0.3 is 24.6 Å². The van der Waals surface area contributed by atoms with Gasteiger partial charge in [0.05, 0.1) is 26.9 Å². The zero-order chi connectivity index (χ0) is 20.8. The lowest BCUT2D eigenvalue weighted by Crippen LogP contribution is -2.20. The van der Waals surface area contributed by atoms with Crippen LogP contribution in [0.2, 0.25) is 0 Å². The first-order valence-electron chi connectivity index (χ1n) is 9.33. The molecule has 1 aliphatic heterocycles. The average Bonchev–Trinajstić information content (AvgIpc) is 2.77. The Morgan fingerprint density at radius 2 is 1.79 bits per heavy atom. The second-order valence-electron chi connectivity index (χ2n) is 6.53. The first-order valence-corrected chi connectivity index (χ1v) is 9.33. The molecule has 0 aliphatic carbocycles. The highest BCUT2D eigenvalue weighted by molar-refractivity contribution is 6.11. The van der Waals surface area contributed by atoms with Gasteiger partial charge in [-0.2, -0.15) is 0 Å². The predicted molar refractivity (Wildman–Crippen MR) is 113 cm³/mol. The van der Waals surface area contributed by atoms with Crippen molar-refractivity contribution in [1.29, 1.82) is 0 Å². The Morgan fingerprint density at radius 3 is 2.38 bits per heavy atom. The maximum absolute atomic E-state index is 13.0. The minimum atomic E-state index is -0.353. The number of carbonyl (C=O) groups is 1. The number of aromatic hydroxyl groups is 1. The fourth-order valence-corrected chi connectivity index (χ4v) is 3.31. The molecule has 0 radical (unpaired) electrons. The quantitative estimate of drug-likeness (QED) is 0.550. The summed E-state index contributed by atoms with van der Waals surface area (Å²) in [7, 11) is 4.59. The van der Waals surface area contributed by atoms with Crippen molar-refractivity contribution in [2.45, 2.75) is 6.42 Å². The van der Waals surface area contributed by atoms with Gasteiger partial charge in [-0.25, -0.2) is 0 Å². The first-order chi connectivity index (χ1) is 14.1. The standard InChI is InChI=1S/C23H25NO5/c1-27-17-7-4-15(5-8-17)6-9-18(25)22-20(29-3)14-19(28-2)21(23(22)26)16-10-12-24-13-11-16/h4-10,14,24,26H,11-13H2,1-3H3/b9-6+. The van der Waals surface area contributed by atoms with E-state index in [1.54, 1.807) is 19.3 Å². The van der Waals surface area contributed by atoms with E-state index in [9.17, 15) is 9.90 Å². The molecule has 6 nitrogen and oxygen atoms in total. The highest BCUT2D eigenvalue weighted by atomic mass is 16.5. The van der Waals surface area contributed by atoms with Gasteiger partial charge in [-0.1, -0.05) is 24.3 Å². The largest absolute Gasteiger partial charge is 0.506 e. The van der Waals surface area contributed by atoms with E-state index in [0.717, 1.165) is 29.9 Å². The third-order valence-corrected chi connectivity index (χ3v) is 4.84. The number of phenolic OH excluding ortho intramolecular Hbond substituents is 1. The van der Waals surface area contributed by atoms with E-state index in [1.165, 1.54) is 20.3 Å². The molecule has 0 bridgehead atoms. The van der Waals surface area contributed by atoms with E-state index in [1.807, 2.05) is 30.3 Å². The van der Waals surface area contributed by atoms with Crippen molar-refractivity contribution in [3.63, 3.8) is 0 Å². The molecule has 152 valence electrons. The normalized spacial score (nSPS) is 13.8. The van der Waals surface area contributed by atoms with Crippen LogP contribution in [0.3, 0.4) is 0 Å². The number of benzene rings is 2. The SMILES string of the molecule is COc1ccc(/C=C/C(=O)c2c(OC)cc(OC)c(C3=CCNCC3)c2O)cc1. The van der Waals surface area contributed by atoms with Crippen molar-refractivity contribution >= 4 is 17.4 Å². The lowest BCUT2D eigenvalue weighted by atomic mass is 9.93. The number of rotatable bonds is 7. The Labute approximate surface area is 170 Å². The maximum atomic E-state index is 13.0. The Kier molecular flexibility index (Phi) is 6.57. The fourth-order valence-electron chi connectivity index (χ4n) is 3.31. The number of carbonyl (C=O) groups excluding carboxylic acids is 1. The van der Waals surface area contributed by atoms with E-state index in [0.29, 0.717) is 17.9 Å².